The van der Waals surface area contributed by atoms with Gasteiger partial charge in [-0.25, -0.2) is 19.2 Å². The molecule has 0 aliphatic heterocycles. The fourth-order valence-corrected chi connectivity index (χ4v) is 2.55. The van der Waals surface area contributed by atoms with Crippen LogP contribution < -0.4 is 5.32 Å². The lowest BCUT2D eigenvalue weighted by Gasteiger charge is -2.29. The minimum atomic E-state index is -2.30. The van der Waals surface area contributed by atoms with Gasteiger partial charge in [-0.15, -0.1) is 0 Å². The van der Waals surface area contributed by atoms with Gasteiger partial charge in [0.05, 0.1) is 18.8 Å². The number of ether oxygens (including phenoxy) is 4. The minimum Gasteiger partial charge on any atom is -0.463 e. The molecule has 0 fully saturated rings. The van der Waals surface area contributed by atoms with Gasteiger partial charge in [0, 0.05) is 13.0 Å². The quantitative estimate of drug-likeness (QED) is 0.257. The fraction of sp³-hybridized carbons (Fsp3) is 0.545. The number of rotatable bonds is 10. The molecule has 1 aromatic carbocycles. The number of alkyl carbamates (subject to hydrolysis) is 1. The minimum absolute atomic E-state index is 0.0287. The van der Waals surface area contributed by atoms with Crippen LogP contribution in [0.25, 0.3) is 0 Å². The predicted molar refractivity (Wildman–Crippen MR) is 111 cm³/mol. The zero-order valence-corrected chi connectivity index (χ0v) is 18.7. The molecular formula is C22H31NO8. The van der Waals surface area contributed by atoms with Crippen molar-refractivity contribution in [3.63, 3.8) is 0 Å². The maximum atomic E-state index is 12.8. The molecule has 1 N–H and O–H groups in total. The maximum absolute atomic E-state index is 12.8. The molecule has 172 valence electrons. The van der Waals surface area contributed by atoms with Crippen LogP contribution in [0.2, 0.25) is 0 Å². The Bertz CT molecular complexity index is 737. The number of carbonyl (C=O) groups is 4. The molecule has 0 radical (unpaired) electrons. The molecule has 0 spiro atoms. The molecule has 0 atom stereocenters. The van der Waals surface area contributed by atoms with Gasteiger partial charge in [-0.3, -0.25) is 0 Å². The highest BCUT2D eigenvalue weighted by molar-refractivity contribution is 6.06. The molecule has 0 heterocycles. The van der Waals surface area contributed by atoms with Crippen LogP contribution in [0, 0.1) is 0 Å². The first-order valence-electron chi connectivity index (χ1n) is 10.2. The number of carbonyl (C=O) groups excluding carboxylic acids is 4. The predicted octanol–water partition coefficient (Wildman–Crippen LogP) is 3.01. The van der Waals surface area contributed by atoms with Crippen LogP contribution in [0.15, 0.2) is 30.3 Å². The van der Waals surface area contributed by atoms with E-state index in [4.69, 9.17) is 18.9 Å². The summed E-state index contributed by atoms with van der Waals surface area (Å²) in [6, 6.07) is 7.94. The normalized spacial score (nSPS) is 11.3. The van der Waals surface area contributed by atoms with Gasteiger partial charge in [0.1, 0.15) is 5.60 Å². The highest BCUT2D eigenvalue weighted by Crippen LogP contribution is 2.25. The van der Waals surface area contributed by atoms with Gasteiger partial charge >= 0.3 is 29.6 Å². The third kappa shape index (κ3) is 8.27. The molecule has 9 nitrogen and oxygen atoms in total. The largest absolute Gasteiger partial charge is 0.463 e. The summed E-state index contributed by atoms with van der Waals surface area (Å²) in [5.41, 5.74) is -2.81. The van der Waals surface area contributed by atoms with Gasteiger partial charge in [0.15, 0.2) is 0 Å². The molecule has 0 saturated carbocycles. The summed E-state index contributed by atoms with van der Waals surface area (Å²) in [6.07, 6.45) is -0.788. The molecule has 0 saturated heterocycles. The summed E-state index contributed by atoms with van der Waals surface area (Å²) in [7, 11) is 0. The smallest absolute Gasteiger partial charge is 0.407 e. The molecule has 0 bridgehead atoms. The van der Waals surface area contributed by atoms with E-state index < -0.39 is 35.2 Å². The summed E-state index contributed by atoms with van der Waals surface area (Å²) >= 11 is 0. The van der Waals surface area contributed by atoms with Crippen LogP contribution in [-0.2, 0) is 28.5 Å². The van der Waals surface area contributed by atoms with E-state index in [9.17, 15) is 19.2 Å². The fourth-order valence-electron chi connectivity index (χ4n) is 2.55. The van der Waals surface area contributed by atoms with Crippen molar-refractivity contribution < 1.29 is 38.1 Å². The lowest BCUT2D eigenvalue weighted by molar-refractivity contribution is -0.184. The molecule has 0 aromatic heterocycles. The third-order valence-corrected chi connectivity index (χ3v) is 3.86. The molecule has 1 amide bonds. The Kier molecular flexibility index (Phi) is 9.98. The number of amides is 1. The zero-order chi connectivity index (χ0) is 23.5. The SMILES string of the molecule is CCOC(=O)C(CCCNC(=O)OC(C)(C)C)(OC(=O)c1ccccc1)C(=O)OCC. The number of benzene rings is 1. The van der Waals surface area contributed by atoms with Crippen LogP contribution in [0.3, 0.4) is 0 Å². The van der Waals surface area contributed by atoms with E-state index in [2.05, 4.69) is 5.32 Å². The molecule has 0 aliphatic rings. The Morgan fingerprint density at radius 2 is 1.42 bits per heavy atom. The highest BCUT2D eigenvalue weighted by Gasteiger charge is 2.52. The number of esters is 3. The van der Waals surface area contributed by atoms with Crippen molar-refractivity contribution in [2.24, 2.45) is 0 Å². The van der Waals surface area contributed by atoms with E-state index >= 15 is 0 Å². The molecular weight excluding hydrogens is 406 g/mol. The van der Waals surface area contributed by atoms with E-state index in [-0.39, 0.29) is 38.2 Å². The van der Waals surface area contributed by atoms with Crippen molar-refractivity contribution in [3.05, 3.63) is 35.9 Å². The number of nitrogens with one attached hydrogen (secondary N) is 1. The average Bonchev–Trinajstić information content (AvgIpc) is 2.69. The van der Waals surface area contributed by atoms with Crippen LogP contribution in [0.4, 0.5) is 4.79 Å². The Morgan fingerprint density at radius 3 is 1.90 bits per heavy atom. The van der Waals surface area contributed by atoms with Crippen LogP contribution >= 0.6 is 0 Å². The molecule has 9 heteroatoms. The van der Waals surface area contributed by atoms with Crippen LogP contribution in [-0.4, -0.2) is 55.0 Å². The summed E-state index contributed by atoms with van der Waals surface area (Å²) < 4.78 is 20.6. The Hall–Kier alpha value is -3.10. The molecule has 0 aliphatic carbocycles. The standard InChI is InChI=1S/C22H31NO8/c1-6-28-18(25)22(19(26)29-7-2,30-17(24)16-12-9-8-10-13-16)14-11-15-23-20(27)31-21(3,4)5/h8-10,12-13H,6-7,11,14-15H2,1-5H3,(H,23,27). The van der Waals surface area contributed by atoms with Gasteiger partial charge in [0.2, 0.25) is 0 Å². The summed E-state index contributed by atoms with van der Waals surface area (Å²) in [6.45, 7) is 8.32. The van der Waals surface area contributed by atoms with Crippen molar-refractivity contribution in [3.8, 4) is 0 Å². The maximum Gasteiger partial charge on any atom is 0.407 e. The molecule has 1 rings (SSSR count). The van der Waals surface area contributed by atoms with E-state index in [1.807, 2.05) is 0 Å². The van der Waals surface area contributed by atoms with Gasteiger partial charge in [0.25, 0.3) is 0 Å². The van der Waals surface area contributed by atoms with Gasteiger partial charge < -0.3 is 24.3 Å². The Labute approximate surface area is 182 Å². The van der Waals surface area contributed by atoms with E-state index in [0.717, 1.165) is 0 Å². The van der Waals surface area contributed by atoms with Crippen molar-refractivity contribution in [1.82, 2.24) is 5.32 Å². The monoisotopic (exact) mass is 437 g/mol. The van der Waals surface area contributed by atoms with Crippen molar-refractivity contribution >= 4 is 24.0 Å². The first kappa shape index (κ1) is 25.9. The lowest BCUT2D eigenvalue weighted by Crippen LogP contribution is -2.53. The topological polar surface area (TPSA) is 117 Å². The molecule has 31 heavy (non-hydrogen) atoms. The molecule has 1 aromatic rings. The summed E-state index contributed by atoms with van der Waals surface area (Å²) in [5, 5.41) is 2.53. The first-order valence-corrected chi connectivity index (χ1v) is 10.2. The van der Waals surface area contributed by atoms with E-state index in [1.165, 1.54) is 12.1 Å². The summed E-state index contributed by atoms with van der Waals surface area (Å²) in [5.74, 6) is -2.94. The second-order valence-electron chi connectivity index (χ2n) is 7.56. The van der Waals surface area contributed by atoms with Crippen LogP contribution in [0.1, 0.15) is 57.8 Å². The number of hydrogen-bond acceptors (Lipinski definition) is 8. The number of hydrogen-bond donors (Lipinski definition) is 1. The second-order valence-corrected chi connectivity index (χ2v) is 7.56. The second kappa shape index (κ2) is 11.9. The first-order chi connectivity index (χ1) is 14.6. The van der Waals surface area contributed by atoms with E-state index in [1.54, 1.807) is 52.8 Å². The van der Waals surface area contributed by atoms with Crippen LogP contribution in [0.5, 0.6) is 0 Å². The third-order valence-electron chi connectivity index (χ3n) is 3.86. The summed E-state index contributed by atoms with van der Waals surface area (Å²) in [4.78, 5) is 50.0. The Morgan fingerprint density at radius 1 is 0.871 bits per heavy atom. The highest BCUT2D eigenvalue weighted by atomic mass is 16.6. The molecule has 0 unspecified atom stereocenters. The van der Waals surface area contributed by atoms with Gasteiger partial charge in [-0.1, -0.05) is 18.2 Å². The Balaban J connectivity index is 3.03. The lowest BCUT2D eigenvalue weighted by atomic mass is 9.96. The van der Waals surface area contributed by atoms with Crippen molar-refractivity contribution in [1.29, 1.82) is 0 Å². The van der Waals surface area contributed by atoms with Gasteiger partial charge in [-0.05, 0) is 53.2 Å². The van der Waals surface area contributed by atoms with Gasteiger partial charge in [-0.2, -0.15) is 0 Å². The van der Waals surface area contributed by atoms with Crippen molar-refractivity contribution in [2.75, 3.05) is 19.8 Å². The van der Waals surface area contributed by atoms with Crippen molar-refractivity contribution in [2.45, 2.75) is 58.7 Å². The zero-order valence-electron chi connectivity index (χ0n) is 18.7. The average molecular weight is 437 g/mol. The van der Waals surface area contributed by atoms with E-state index in [0.29, 0.717) is 0 Å².